The van der Waals surface area contributed by atoms with Gasteiger partial charge in [-0.25, -0.2) is 0 Å². The van der Waals surface area contributed by atoms with E-state index >= 15 is 0 Å². The molecule has 0 aromatic heterocycles. The summed E-state index contributed by atoms with van der Waals surface area (Å²) < 4.78 is 6.53. The van der Waals surface area contributed by atoms with Crippen LogP contribution in [-0.2, 0) is 16.1 Å². The van der Waals surface area contributed by atoms with Gasteiger partial charge in [-0.3, -0.25) is 9.59 Å². The van der Waals surface area contributed by atoms with Gasteiger partial charge in [0.25, 0.3) is 5.91 Å². The molecular formula is C21H24BrClN2O3. The number of ether oxygens (including phenoxy) is 1. The Kier molecular flexibility index (Phi) is 8.33. The van der Waals surface area contributed by atoms with Gasteiger partial charge in [-0.1, -0.05) is 39.7 Å². The van der Waals surface area contributed by atoms with Crippen molar-refractivity contribution in [3.05, 3.63) is 63.6 Å². The van der Waals surface area contributed by atoms with Gasteiger partial charge in [0, 0.05) is 22.1 Å². The Morgan fingerprint density at radius 3 is 2.25 bits per heavy atom. The number of carbonyl (C=O) groups is 2. The van der Waals surface area contributed by atoms with E-state index in [0.717, 1.165) is 10.0 Å². The van der Waals surface area contributed by atoms with Crippen LogP contribution in [0.3, 0.4) is 0 Å². The summed E-state index contributed by atoms with van der Waals surface area (Å²) in [5.41, 5.74) is 0.923. The molecule has 1 atom stereocenters. The molecule has 5 nitrogen and oxygen atoms in total. The van der Waals surface area contributed by atoms with Gasteiger partial charge in [0.05, 0.1) is 0 Å². The largest absolute Gasteiger partial charge is 0.484 e. The third-order valence-corrected chi connectivity index (χ3v) is 4.82. The molecule has 2 amide bonds. The molecule has 0 aliphatic carbocycles. The standard InChI is InChI=1S/C21H24BrClN2O3/c1-14(2)24-21(27)15(3)25(12-16-4-6-17(22)7-5-16)20(26)13-28-19-10-8-18(23)9-11-19/h4-11,14-15H,12-13H2,1-3H3,(H,24,27)/t15-/m1/s1. The van der Waals surface area contributed by atoms with Crippen LogP contribution in [0.2, 0.25) is 5.02 Å². The number of nitrogens with one attached hydrogen (secondary N) is 1. The van der Waals surface area contributed by atoms with Gasteiger partial charge in [0.15, 0.2) is 6.61 Å². The number of hydrogen-bond acceptors (Lipinski definition) is 3. The molecule has 0 radical (unpaired) electrons. The predicted octanol–water partition coefficient (Wildman–Crippen LogP) is 4.42. The lowest BCUT2D eigenvalue weighted by Crippen LogP contribution is -2.50. The minimum Gasteiger partial charge on any atom is -0.484 e. The Bertz CT molecular complexity index is 794. The summed E-state index contributed by atoms with van der Waals surface area (Å²) in [4.78, 5) is 26.9. The zero-order valence-corrected chi connectivity index (χ0v) is 18.5. The summed E-state index contributed by atoms with van der Waals surface area (Å²) in [7, 11) is 0. The van der Waals surface area contributed by atoms with Gasteiger partial charge in [0.2, 0.25) is 5.91 Å². The maximum atomic E-state index is 12.9. The maximum Gasteiger partial charge on any atom is 0.261 e. The van der Waals surface area contributed by atoms with E-state index in [-0.39, 0.29) is 24.5 Å². The van der Waals surface area contributed by atoms with Gasteiger partial charge in [-0.05, 0) is 62.7 Å². The second-order valence-electron chi connectivity index (χ2n) is 6.73. The summed E-state index contributed by atoms with van der Waals surface area (Å²) in [6.45, 7) is 5.63. The number of carbonyl (C=O) groups excluding carboxylic acids is 2. The second-order valence-corrected chi connectivity index (χ2v) is 8.08. The van der Waals surface area contributed by atoms with E-state index in [4.69, 9.17) is 16.3 Å². The molecule has 0 saturated carbocycles. The zero-order chi connectivity index (χ0) is 20.7. The Balaban J connectivity index is 2.12. The Hall–Kier alpha value is -2.05. The highest BCUT2D eigenvalue weighted by atomic mass is 79.9. The summed E-state index contributed by atoms with van der Waals surface area (Å²) in [5.74, 6) is 0.0665. The van der Waals surface area contributed by atoms with E-state index in [1.54, 1.807) is 31.2 Å². The highest BCUT2D eigenvalue weighted by molar-refractivity contribution is 9.10. The first-order valence-corrected chi connectivity index (χ1v) is 10.2. The molecule has 0 fully saturated rings. The van der Waals surface area contributed by atoms with Crippen molar-refractivity contribution >= 4 is 39.3 Å². The van der Waals surface area contributed by atoms with Gasteiger partial charge in [0.1, 0.15) is 11.8 Å². The molecule has 0 spiro atoms. The third kappa shape index (κ3) is 6.84. The quantitative estimate of drug-likeness (QED) is 0.625. The summed E-state index contributed by atoms with van der Waals surface area (Å²) in [6, 6.07) is 13.8. The van der Waals surface area contributed by atoms with E-state index in [1.165, 1.54) is 4.90 Å². The van der Waals surface area contributed by atoms with Crippen LogP contribution in [0.4, 0.5) is 0 Å². The van der Waals surface area contributed by atoms with Crippen LogP contribution < -0.4 is 10.1 Å². The van der Waals surface area contributed by atoms with Crippen LogP contribution in [0.1, 0.15) is 26.3 Å². The van der Waals surface area contributed by atoms with E-state index in [9.17, 15) is 9.59 Å². The van der Waals surface area contributed by atoms with Gasteiger partial charge >= 0.3 is 0 Å². The highest BCUT2D eigenvalue weighted by Gasteiger charge is 2.26. The van der Waals surface area contributed by atoms with Crippen LogP contribution in [0.5, 0.6) is 5.75 Å². The van der Waals surface area contributed by atoms with Crippen molar-refractivity contribution in [1.82, 2.24) is 10.2 Å². The van der Waals surface area contributed by atoms with Crippen LogP contribution >= 0.6 is 27.5 Å². The molecule has 28 heavy (non-hydrogen) atoms. The van der Waals surface area contributed by atoms with Crippen molar-refractivity contribution in [2.24, 2.45) is 0 Å². The first kappa shape index (κ1) is 22.2. The topological polar surface area (TPSA) is 58.6 Å². The predicted molar refractivity (Wildman–Crippen MR) is 114 cm³/mol. The average molecular weight is 468 g/mol. The van der Waals surface area contributed by atoms with E-state index in [2.05, 4.69) is 21.2 Å². The molecular weight excluding hydrogens is 444 g/mol. The molecule has 0 heterocycles. The SMILES string of the molecule is CC(C)NC(=O)[C@@H](C)N(Cc1ccc(Br)cc1)C(=O)COc1ccc(Cl)cc1. The molecule has 2 aromatic rings. The zero-order valence-electron chi connectivity index (χ0n) is 16.1. The summed E-state index contributed by atoms with van der Waals surface area (Å²) in [6.07, 6.45) is 0. The molecule has 0 unspecified atom stereocenters. The van der Waals surface area contributed by atoms with Crippen molar-refractivity contribution in [3.8, 4) is 5.75 Å². The Labute approximate surface area is 179 Å². The first-order valence-electron chi connectivity index (χ1n) is 8.99. The van der Waals surface area contributed by atoms with E-state index in [1.807, 2.05) is 38.1 Å². The first-order chi connectivity index (χ1) is 13.3. The molecule has 0 aliphatic heterocycles. The molecule has 7 heteroatoms. The van der Waals surface area contributed by atoms with Crippen molar-refractivity contribution in [2.75, 3.05) is 6.61 Å². The normalized spacial score (nSPS) is 11.8. The molecule has 1 N–H and O–H groups in total. The molecule has 0 aliphatic rings. The minimum absolute atomic E-state index is 0.00935. The fourth-order valence-corrected chi connectivity index (χ4v) is 2.92. The number of benzene rings is 2. The van der Waals surface area contributed by atoms with Crippen molar-refractivity contribution < 1.29 is 14.3 Å². The molecule has 150 valence electrons. The van der Waals surface area contributed by atoms with Gasteiger partial charge in [-0.15, -0.1) is 0 Å². The van der Waals surface area contributed by atoms with Gasteiger partial charge in [-0.2, -0.15) is 0 Å². The lowest BCUT2D eigenvalue weighted by atomic mass is 10.1. The lowest BCUT2D eigenvalue weighted by Gasteiger charge is -2.29. The fraction of sp³-hybridized carbons (Fsp3) is 0.333. The van der Waals surface area contributed by atoms with Crippen LogP contribution in [0.15, 0.2) is 53.0 Å². The third-order valence-electron chi connectivity index (χ3n) is 4.04. The molecule has 2 aromatic carbocycles. The lowest BCUT2D eigenvalue weighted by molar-refractivity contribution is -0.142. The fourth-order valence-electron chi connectivity index (χ4n) is 2.53. The van der Waals surface area contributed by atoms with Crippen LogP contribution in [0, 0.1) is 0 Å². The highest BCUT2D eigenvalue weighted by Crippen LogP contribution is 2.17. The number of halogens is 2. The average Bonchev–Trinajstić information content (AvgIpc) is 2.65. The molecule has 2 rings (SSSR count). The summed E-state index contributed by atoms with van der Waals surface area (Å²) >= 11 is 9.27. The van der Waals surface area contributed by atoms with Crippen LogP contribution in [-0.4, -0.2) is 35.4 Å². The van der Waals surface area contributed by atoms with E-state index in [0.29, 0.717) is 17.3 Å². The number of amides is 2. The van der Waals surface area contributed by atoms with E-state index < -0.39 is 6.04 Å². The number of nitrogens with zero attached hydrogens (tertiary/aromatic N) is 1. The number of hydrogen-bond donors (Lipinski definition) is 1. The van der Waals surface area contributed by atoms with Crippen LogP contribution in [0.25, 0.3) is 0 Å². The molecule has 0 saturated heterocycles. The minimum atomic E-state index is -0.632. The van der Waals surface area contributed by atoms with Gasteiger partial charge < -0.3 is 15.0 Å². The monoisotopic (exact) mass is 466 g/mol. The summed E-state index contributed by atoms with van der Waals surface area (Å²) in [5, 5.41) is 3.45. The van der Waals surface area contributed by atoms with Crippen molar-refractivity contribution in [1.29, 1.82) is 0 Å². The smallest absolute Gasteiger partial charge is 0.261 e. The Morgan fingerprint density at radius 2 is 1.68 bits per heavy atom. The Morgan fingerprint density at radius 1 is 1.07 bits per heavy atom. The second kappa shape index (κ2) is 10.5. The van der Waals surface area contributed by atoms with Crippen molar-refractivity contribution in [2.45, 2.75) is 39.4 Å². The number of rotatable bonds is 8. The van der Waals surface area contributed by atoms with Crippen molar-refractivity contribution in [3.63, 3.8) is 0 Å². The molecule has 0 bridgehead atoms. The maximum absolute atomic E-state index is 12.9.